The third kappa shape index (κ3) is 6.03. The Morgan fingerprint density at radius 1 is 0.833 bits per heavy atom. The molecular weight excluding hydrogens is 507 g/mol. The quantitative estimate of drug-likeness (QED) is 0.232. The summed E-state index contributed by atoms with van der Waals surface area (Å²) in [6.45, 7) is 6.47. The van der Waals surface area contributed by atoms with E-state index in [0.29, 0.717) is 11.5 Å². The third-order valence-corrected chi connectivity index (χ3v) is 5.97. The molecule has 36 heavy (non-hydrogen) atoms. The van der Waals surface area contributed by atoms with Crippen LogP contribution in [0.5, 0.6) is 0 Å². The molecule has 3 N–H and O–H groups in total. The zero-order valence-electron chi connectivity index (χ0n) is 19.7. The summed E-state index contributed by atoms with van der Waals surface area (Å²) in [4.78, 5) is 8.70. The predicted molar refractivity (Wildman–Crippen MR) is 144 cm³/mol. The van der Waals surface area contributed by atoms with Gasteiger partial charge in [0.15, 0.2) is 5.11 Å². The Morgan fingerprint density at radius 3 is 2.08 bits per heavy atom. The van der Waals surface area contributed by atoms with Gasteiger partial charge in [-0.05, 0) is 71.7 Å². The molecule has 4 aromatic rings. The summed E-state index contributed by atoms with van der Waals surface area (Å²) in [6.07, 6.45) is -3.09. The molecule has 0 fully saturated rings. The van der Waals surface area contributed by atoms with Gasteiger partial charge >= 0.3 is 6.18 Å². The summed E-state index contributed by atoms with van der Waals surface area (Å²) >= 11 is 11.0. The monoisotopic (exact) mass is 529 g/mol. The zero-order valence-corrected chi connectivity index (χ0v) is 21.2. The SMILES string of the molecule is CC(C)(C)c1ccc(Nc2ncnc3ccc(NC(=S)Nc4ccc(Cl)c(C(F)(F)F)c4)cc23)cc1. The first-order valence-corrected chi connectivity index (χ1v) is 11.8. The summed E-state index contributed by atoms with van der Waals surface area (Å²) in [5, 5.41) is 9.57. The molecule has 0 spiro atoms. The zero-order chi connectivity index (χ0) is 26.1. The van der Waals surface area contributed by atoms with Crippen LogP contribution < -0.4 is 16.0 Å². The van der Waals surface area contributed by atoms with Crippen molar-refractivity contribution < 1.29 is 13.2 Å². The maximum atomic E-state index is 13.1. The lowest BCUT2D eigenvalue weighted by Gasteiger charge is -2.19. The number of rotatable bonds is 4. The molecule has 0 aliphatic carbocycles. The molecule has 4 rings (SSSR count). The molecule has 1 aromatic heterocycles. The van der Waals surface area contributed by atoms with Crippen LogP contribution in [0.25, 0.3) is 10.9 Å². The first-order chi connectivity index (χ1) is 16.9. The number of hydrogen-bond donors (Lipinski definition) is 3. The van der Waals surface area contributed by atoms with Crippen molar-refractivity contribution in [2.45, 2.75) is 32.4 Å². The molecule has 0 aliphatic rings. The molecule has 0 saturated carbocycles. The Hall–Kier alpha value is -3.43. The fraction of sp³-hybridized carbons (Fsp3) is 0.192. The van der Waals surface area contributed by atoms with Gasteiger partial charge in [0.25, 0.3) is 0 Å². The second-order valence-corrected chi connectivity index (χ2v) is 9.99. The van der Waals surface area contributed by atoms with E-state index < -0.39 is 11.7 Å². The number of benzene rings is 3. The number of thiocarbonyl (C=S) groups is 1. The van der Waals surface area contributed by atoms with Crippen LogP contribution in [0.15, 0.2) is 67.0 Å². The number of nitrogens with zero attached hydrogens (tertiary/aromatic N) is 2. The third-order valence-electron chi connectivity index (χ3n) is 5.44. The highest BCUT2D eigenvalue weighted by Crippen LogP contribution is 2.36. The molecule has 0 unspecified atom stereocenters. The van der Waals surface area contributed by atoms with E-state index >= 15 is 0 Å². The smallest absolute Gasteiger partial charge is 0.340 e. The maximum absolute atomic E-state index is 13.1. The highest BCUT2D eigenvalue weighted by molar-refractivity contribution is 7.80. The van der Waals surface area contributed by atoms with Crippen molar-refractivity contribution in [2.75, 3.05) is 16.0 Å². The van der Waals surface area contributed by atoms with E-state index in [1.807, 2.05) is 18.2 Å². The van der Waals surface area contributed by atoms with Gasteiger partial charge in [-0.1, -0.05) is 44.5 Å². The summed E-state index contributed by atoms with van der Waals surface area (Å²) in [7, 11) is 0. The lowest BCUT2D eigenvalue weighted by atomic mass is 9.87. The van der Waals surface area contributed by atoms with E-state index in [1.165, 1.54) is 24.0 Å². The van der Waals surface area contributed by atoms with Gasteiger partial charge in [0.2, 0.25) is 0 Å². The molecule has 0 radical (unpaired) electrons. The Balaban J connectivity index is 1.53. The Labute approximate surface area is 217 Å². The largest absolute Gasteiger partial charge is 0.417 e. The van der Waals surface area contributed by atoms with Crippen molar-refractivity contribution in [3.63, 3.8) is 0 Å². The van der Waals surface area contributed by atoms with Gasteiger partial charge in [-0.3, -0.25) is 0 Å². The standard InChI is InChI=1S/C26H23ClF3N5S/c1-25(2,3)15-4-6-16(7-5-15)33-23-19-12-17(9-11-22(19)31-14-32-23)34-24(36)35-18-8-10-21(27)20(13-18)26(28,29)30/h4-14H,1-3H3,(H,31,32,33)(H2,34,35,36). The summed E-state index contributed by atoms with van der Waals surface area (Å²) < 4.78 is 39.4. The molecule has 0 atom stereocenters. The Kier molecular flexibility index (Phi) is 7.06. The maximum Gasteiger partial charge on any atom is 0.417 e. The van der Waals surface area contributed by atoms with Crippen molar-refractivity contribution in [1.82, 2.24) is 9.97 Å². The van der Waals surface area contributed by atoms with Gasteiger partial charge in [-0.2, -0.15) is 13.2 Å². The second kappa shape index (κ2) is 9.91. The average Bonchev–Trinajstić information content (AvgIpc) is 2.80. The lowest BCUT2D eigenvalue weighted by molar-refractivity contribution is -0.137. The number of alkyl halides is 3. The number of fused-ring (bicyclic) bond motifs is 1. The minimum absolute atomic E-state index is 0.0491. The highest BCUT2D eigenvalue weighted by atomic mass is 35.5. The number of halogens is 4. The van der Waals surface area contributed by atoms with Crippen LogP contribution in [0.3, 0.4) is 0 Å². The van der Waals surface area contributed by atoms with E-state index in [0.717, 1.165) is 22.7 Å². The predicted octanol–water partition coefficient (Wildman–Crippen LogP) is 8.15. The molecule has 10 heteroatoms. The molecule has 3 aromatic carbocycles. The van der Waals surface area contributed by atoms with Crippen LogP contribution in [0.4, 0.5) is 36.1 Å². The topological polar surface area (TPSA) is 61.9 Å². The minimum Gasteiger partial charge on any atom is -0.340 e. The molecule has 0 amide bonds. The van der Waals surface area contributed by atoms with E-state index in [1.54, 1.807) is 12.1 Å². The van der Waals surface area contributed by atoms with E-state index in [-0.39, 0.29) is 21.2 Å². The molecule has 1 heterocycles. The molecule has 0 aliphatic heterocycles. The fourth-order valence-electron chi connectivity index (χ4n) is 3.54. The first-order valence-electron chi connectivity index (χ1n) is 11.0. The van der Waals surface area contributed by atoms with Crippen molar-refractivity contribution in [2.24, 2.45) is 0 Å². The van der Waals surface area contributed by atoms with Gasteiger partial charge in [0.05, 0.1) is 16.1 Å². The molecule has 5 nitrogen and oxygen atoms in total. The van der Waals surface area contributed by atoms with Gasteiger partial charge in [0, 0.05) is 22.4 Å². The normalized spacial score (nSPS) is 11.9. The first kappa shape index (κ1) is 25.7. The van der Waals surface area contributed by atoms with Gasteiger partial charge in [0.1, 0.15) is 12.1 Å². The summed E-state index contributed by atoms with van der Waals surface area (Å²) in [5.74, 6) is 0.610. The van der Waals surface area contributed by atoms with Crippen LogP contribution in [0.1, 0.15) is 31.9 Å². The van der Waals surface area contributed by atoms with Crippen molar-refractivity contribution >= 4 is 62.7 Å². The molecule has 186 valence electrons. The molecular formula is C26H23ClF3N5S. The van der Waals surface area contributed by atoms with Crippen molar-refractivity contribution in [3.05, 3.63) is 83.1 Å². The van der Waals surface area contributed by atoms with Crippen molar-refractivity contribution in [1.29, 1.82) is 0 Å². The van der Waals surface area contributed by atoms with E-state index in [4.69, 9.17) is 23.8 Å². The van der Waals surface area contributed by atoms with E-state index in [9.17, 15) is 13.2 Å². The average molecular weight is 530 g/mol. The highest BCUT2D eigenvalue weighted by Gasteiger charge is 2.33. The fourth-order valence-corrected chi connectivity index (χ4v) is 4.00. The van der Waals surface area contributed by atoms with Gasteiger partial charge in [-0.25, -0.2) is 9.97 Å². The number of aromatic nitrogens is 2. The van der Waals surface area contributed by atoms with Crippen LogP contribution in [0.2, 0.25) is 5.02 Å². The van der Waals surface area contributed by atoms with Crippen LogP contribution >= 0.6 is 23.8 Å². The molecule has 0 saturated heterocycles. The Bertz CT molecular complexity index is 1420. The van der Waals surface area contributed by atoms with E-state index in [2.05, 4.69) is 58.8 Å². The molecule has 0 bridgehead atoms. The van der Waals surface area contributed by atoms with Gasteiger partial charge in [-0.15, -0.1) is 0 Å². The minimum atomic E-state index is -4.57. The Morgan fingerprint density at radius 2 is 1.44 bits per heavy atom. The number of anilines is 4. The second-order valence-electron chi connectivity index (χ2n) is 9.18. The van der Waals surface area contributed by atoms with Crippen LogP contribution in [0, 0.1) is 0 Å². The van der Waals surface area contributed by atoms with Crippen molar-refractivity contribution in [3.8, 4) is 0 Å². The number of nitrogens with one attached hydrogen (secondary N) is 3. The van der Waals surface area contributed by atoms with Crippen LogP contribution in [-0.4, -0.2) is 15.1 Å². The number of hydrogen-bond acceptors (Lipinski definition) is 4. The van der Waals surface area contributed by atoms with Gasteiger partial charge < -0.3 is 16.0 Å². The summed E-state index contributed by atoms with van der Waals surface area (Å²) in [6, 6.07) is 17.0. The lowest BCUT2D eigenvalue weighted by Crippen LogP contribution is -2.19. The van der Waals surface area contributed by atoms with Crippen LogP contribution in [-0.2, 0) is 11.6 Å². The summed E-state index contributed by atoms with van der Waals surface area (Å²) in [5.41, 5.74) is 2.70.